The van der Waals surface area contributed by atoms with E-state index in [9.17, 15) is 8.42 Å². The molecule has 5 rings (SSSR count). The molecule has 29 heavy (non-hydrogen) atoms. The summed E-state index contributed by atoms with van der Waals surface area (Å²) < 4.78 is 26.5. The van der Waals surface area contributed by atoms with Gasteiger partial charge in [-0.2, -0.15) is 0 Å². The molecule has 0 saturated heterocycles. The van der Waals surface area contributed by atoms with Crippen LogP contribution in [-0.4, -0.2) is 8.42 Å². The monoisotopic (exact) mass is 397 g/mol. The molecule has 0 bridgehead atoms. The Labute approximate surface area is 170 Å². The Morgan fingerprint density at radius 1 is 0.621 bits per heavy atom. The summed E-state index contributed by atoms with van der Waals surface area (Å²) in [5, 5.41) is 0. The Morgan fingerprint density at radius 2 is 1.17 bits per heavy atom. The van der Waals surface area contributed by atoms with Crippen LogP contribution < -0.4 is 4.90 Å². The van der Waals surface area contributed by atoms with Crippen LogP contribution in [0.2, 0.25) is 0 Å². The van der Waals surface area contributed by atoms with Crippen molar-refractivity contribution in [3.63, 3.8) is 0 Å². The molecule has 1 aliphatic rings. The van der Waals surface area contributed by atoms with Crippen LogP contribution in [0.3, 0.4) is 0 Å². The number of sulfone groups is 1. The van der Waals surface area contributed by atoms with Crippen LogP contribution >= 0.6 is 0 Å². The second-order valence-electron chi connectivity index (χ2n) is 7.16. The number of hydrogen-bond donors (Lipinski definition) is 0. The summed E-state index contributed by atoms with van der Waals surface area (Å²) in [6.45, 7) is 2.07. The summed E-state index contributed by atoms with van der Waals surface area (Å²) >= 11 is 0. The zero-order valence-corrected chi connectivity index (χ0v) is 16.7. The van der Waals surface area contributed by atoms with Crippen LogP contribution in [0.5, 0.6) is 0 Å². The highest BCUT2D eigenvalue weighted by Crippen LogP contribution is 2.50. The van der Waals surface area contributed by atoms with Gasteiger partial charge in [-0.25, -0.2) is 8.42 Å². The summed E-state index contributed by atoms with van der Waals surface area (Å²) in [4.78, 5) is 2.73. The topological polar surface area (TPSA) is 37.4 Å². The fraction of sp³-hybridized carbons (Fsp3) is 0.0400. The maximum atomic E-state index is 13.3. The molecule has 0 atom stereocenters. The van der Waals surface area contributed by atoms with Gasteiger partial charge in [-0.3, -0.25) is 0 Å². The van der Waals surface area contributed by atoms with Crippen molar-refractivity contribution in [3.05, 3.63) is 103 Å². The number of fused-ring (bicyclic) bond motifs is 2. The van der Waals surface area contributed by atoms with Crippen molar-refractivity contribution in [2.45, 2.75) is 16.7 Å². The molecule has 4 aromatic rings. The Kier molecular flexibility index (Phi) is 4.03. The van der Waals surface area contributed by atoms with Crippen LogP contribution in [0.25, 0.3) is 11.1 Å². The molecule has 0 spiro atoms. The van der Waals surface area contributed by atoms with Gasteiger partial charge in [0.2, 0.25) is 9.84 Å². The summed E-state index contributed by atoms with van der Waals surface area (Å²) in [6, 6.07) is 30.9. The predicted octanol–water partition coefficient (Wildman–Crippen LogP) is 6.28. The van der Waals surface area contributed by atoms with Gasteiger partial charge in [0.15, 0.2) is 0 Å². The van der Waals surface area contributed by atoms with E-state index in [0.717, 1.165) is 22.4 Å². The summed E-state index contributed by atoms with van der Waals surface area (Å²) in [5.41, 5.74) is 5.61. The molecule has 3 nitrogen and oxygen atoms in total. The van der Waals surface area contributed by atoms with E-state index >= 15 is 0 Å². The van der Waals surface area contributed by atoms with E-state index in [2.05, 4.69) is 42.2 Å². The highest BCUT2D eigenvalue weighted by molar-refractivity contribution is 7.92. The molecule has 0 unspecified atom stereocenters. The van der Waals surface area contributed by atoms with Crippen LogP contribution in [0.4, 0.5) is 17.1 Å². The molecule has 1 aliphatic heterocycles. The van der Waals surface area contributed by atoms with Gasteiger partial charge in [0, 0.05) is 5.56 Å². The van der Waals surface area contributed by atoms with Gasteiger partial charge in [-0.1, -0.05) is 66.2 Å². The predicted molar refractivity (Wildman–Crippen MR) is 117 cm³/mol. The van der Waals surface area contributed by atoms with Crippen molar-refractivity contribution < 1.29 is 8.42 Å². The van der Waals surface area contributed by atoms with Crippen LogP contribution in [-0.2, 0) is 9.84 Å². The third-order valence-corrected chi connectivity index (χ3v) is 7.12. The Balaban J connectivity index is 1.86. The summed E-state index contributed by atoms with van der Waals surface area (Å²) in [7, 11) is -3.57. The first-order valence-corrected chi connectivity index (χ1v) is 10.9. The molecular weight excluding hydrogens is 378 g/mol. The SMILES string of the molecule is Cc1ccc(N2c3ccccc3S(=O)(=O)c3ccccc32)c(-c2ccccc2)c1. The Bertz CT molecular complexity index is 1270. The second-order valence-corrected chi connectivity index (χ2v) is 9.05. The number of anilines is 3. The third kappa shape index (κ3) is 2.76. The first-order valence-electron chi connectivity index (χ1n) is 9.47. The molecule has 0 radical (unpaired) electrons. The number of rotatable bonds is 2. The van der Waals surface area contributed by atoms with Crippen molar-refractivity contribution in [3.8, 4) is 11.1 Å². The average molecular weight is 397 g/mol. The van der Waals surface area contributed by atoms with Gasteiger partial charge < -0.3 is 4.90 Å². The van der Waals surface area contributed by atoms with E-state index in [1.54, 1.807) is 24.3 Å². The molecule has 0 amide bonds. The normalized spacial score (nSPS) is 14.2. The summed E-state index contributed by atoms with van der Waals surface area (Å²) in [5.74, 6) is 0. The van der Waals surface area contributed by atoms with E-state index in [4.69, 9.17) is 0 Å². The lowest BCUT2D eigenvalue weighted by Gasteiger charge is -2.34. The number of nitrogens with zero attached hydrogens (tertiary/aromatic N) is 1. The molecular formula is C25H19NO2S. The molecule has 1 heterocycles. The number of aryl methyl sites for hydroxylation is 1. The first kappa shape index (κ1) is 17.7. The molecule has 142 valence electrons. The minimum absolute atomic E-state index is 0.332. The smallest absolute Gasteiger partial charge is 0.210 e. The number of para-hydroxylation sites is 2. The van der Waals surface area contributed by atoms with Crippen molar-refractivity contribution in [2.24, 2.45) is 0 Å². The molecule has 0 fully saturated rings. The van der Waals surface area contributed by atoms with Crippen LogP contribution in [0.15, 0.2) is 107 Å². The lowest BCUT2D eigenvalue weighted by molar-refractivity contribution is 0.595. The third-order valence-electron chi connectivity index (χ3n) is 5.27. The highest BCUT2D eigenvalue weighted by Gasteiger charge is 2.35. The Hall–Kier alpha value is -3.37. The van der Waals surface area contributed by atoms with E-state index < -0.39 is 9.84 Å². The molecule has 0 N–H and O–H groups in total. The van der Waals surface area contributed by atoms with Gasteiger partial charge in [-0.05, 0) is 48.9 Å². The molecule has 0 aromatic heterocycles. The van der Waals surface area contributed by atoms with E-state index in [0.29, 0.717) is 21.2 Å². The van der Waals surface area contributed by atoms with Crippen molar-refractivity contribution >= 4 is 26.9 Å². The molecule has 4 heteroatoms. The maximum Gasteiger partial charge on any atom is 0.210 e. The quantitative estimate of drug-likeness (QED) is 0.352. The van der Waals surface area contributed by atoms with E-state index in [-0.39, 0.29) is 0 Å². The van der Waals surface area contributed by atoms with Gasteiger partial charge in [0.1, 0.15) is 0 Å². The van der Waals surface area contributed by atoms with Crippen molar-refractivity contribution in [1.82, 2.24) is 0 Å². The van der Waals surface area contributed by atoms with Crippen LogP contribution in [0.1, 0.15) is 5.56 Å². The van der Waals surface area contributed by atoms with Gasteiger partial charge >= 0.3 is 0 Å². The van der Waals surface area contributed by atoms with Crippen LogP contribution in [0, 0.1) is 6.92 Å². The summed E-state index contributed by atoms with van der Waals surface area (Å²) in [6.07, 6.45) is 0. The Morgan fingerprint density at radius 3 is 1.79 bits per heavy atom. The zero-order valence-electron chi connectivity index (χ0n) is 15.9. The van der Waals surface area contributed by atoms with Gasteiger partial charge in [0.05, 0.1) is 26.9 Å². The maximum absolute atomic E-state index is 13.3. The van der Waals surface area contributed by atoms with Crippen molar-refractivity contribution in [1.29, 1.82) is 0 Å². The van der Waals surface area contributed by atoms with Crippen molar-refractivity contribution in [2.75, 3.05) is 4.90 Å². The minimum atomic E-state index is -3.57. The molecule has 0 aliphatic carbocycles. The molecule has 0 saturated carbocycles. The van der Waals surface area contributed by atoms with Gasteiger partial charge in [0.25, 0.3) is 0 Å². The lowest BCUT2D eigenvalue weighted by atomic mass is 9.99. The fourth-order valence-electron chi connectivity index (χ4n) is 3.94. The standard InChI is InChI=1S/C25H19NO2S/c1-18-15-16-21(20(17-18)19-9-3-2-4-10-19)26-22-11-5-7-13-24(22)29(27,28)25-14-8-6-12-23(25)26/h2-17H,1H3. The highest BCUT2D eigenvalue weighted by atomic mass is 32.2. The van der Waals surface area contributed by atoms with E-state index in [1.807, 2.05) is 42.5 Å². The largest absolute Gasteiger partial charge is 0.307 e. The van der Waals surface area contributed by atoms with E-state index in [1.165, 1.54) is 0 Å². The second kappa shape index (κ2) is 6.61. The zero-order chi connectivity index (χ0) is 20.0. The first-order chi connectivity index (χ1) is 14.1. The fourth-order valence-corrected chi connectivity index (χ4v) is 5.56. The average Bonchev–Trinajstić information content (AvgIpc) is 2.75. The number of hydrogen-bond acceptors (Lipinski definition) is 3. The minimum Gasteiger partial charge on any atom is -0.307 e. The van der Waals surface area contributed by atoms with Gasteiger partial charge in [-0.15, -0.1) is 0 Å². The molecule has 4 aromatic carbocycles. The number of benzene rings is 4. The lowest BCUT2D eigenvalue weighted by Crippen LogP contribution is -2.22.